The molecule has 0 nitrogen and oxygen atoms in total. The molecule has 8 rings (SSSR count). The molecule has 0 saturated heterocycles. The van der Waals surface area contributed by atoms with E-state index < -0.39 is 0 Å². The Morgan fingerprint density at radius 2 is 0.694 bits per heavy atom. The van der Waals surface area contributed by atoms with Crippen molar-refractivity contribution in [2.75, 3.05) is 0 Å². The molecule has 0 N–H and O–H groups in total. The third-order valence-electron chi connectivity index (χ3n) is 7.35. The van der Waals surface area contributed by atoms with Gasteiger partial charge in [0, 0.05) is 33.0 Å². The van der Waals surface area contributed by atoms with E-state index in [0.29, 0.717) is 0 Å². The van der Waals surface area contributed by atoms with E-state index in [0.717, 1.165) is 27.6 Å². The van der Waals surface area contributed by atoms with Crippen molar-refractivity contribution in [1.82, 2.24) is 0 Å². The van der Waals surface area contributed by atoms with E-state index in [1.807, 2.05) is 36.4 Å². The van der Waals surface area contributed by atoms with Crippen LogP contribution < -0.4 is 0 Å². The SMILES string of the molecule is C(#Cc1cc2ccc3ccc4ccc5cc(C#Cc6ccccc6)c1c1c2c3c4c51)c1ccccc1. The smallest absolute Gasteiger partial charge is 0.0346 e. The van der Waals surface area contributed by atoms with E-state index in [-0.39, 0.29) is 0 Å². The van der Waals surface area contributed by atoms with Crippen LogP contribution >= 0.6 is 0 Å². The number of rotatable bonds is 0. The van der Waals surface area contributed by atoms with Crippen molar-refractivity contribution in [2.45, 2.75) is 0 Å². The fraction of sp³-hybridized carbons (Fsp3) is 0. The topological polar surface area (TPSA) is 0 Å². The number of benzene rings is 7. The highest BCUT2D eigenvalue weighted by Crippen LogP contribution is 2.49. The van der Waals surface area contributed by atoms with Gasteiger partial charge in [0.1, 0.15) is 0 Å². The van der Waals surface area contributed by atoms with Crippen molar-refractivity contribution in [1.29, 1.82) is 0 Å². The standard InChI is InChI=1S/C36H18/c1-3-7-23(8-4-1)11-13-27-21-29-19-17-25-15-16-26-18-20-30-22-28(14-12-24-9-5-2-6-10-24)31(27)36-34(29)32(25)33(26)35(30)36/h1-10,15-22H. The third kappa shape index (κ3) is 2.68. The van der Waals surface area contributed by atoms with Gasteiger partial charge in [-0.15, -0.1) is 0 Å². The van der Waals surface area contributed by atoms with Crippen LogP contribution in [0.5, 0.6) is 0 Å². The maximum Gasteiger partial charge on any atom is 0.0346 e. The van der Waals surface area contributed by atoms with Crippen LogP contribution in [0, 0.1) is 23.7 Å². The summed E-state index contributed by atoms with van der Waals surface area (Å²) in [6.45, 7) is 0. The number of hydrogen-bond donors (Lipinski definition) is 0. The zero-order valence-electron chi connectivity index (χ0n) is 19.4. The van der Waals surface area contributed by atoms with Crippen LogP contribution in [0.15, 0.2) is 109 Å². The van der Waals surface area contributed by atoms with Crippen molar-refractivity contribution in [3.63, 3.8) is 0 Å². The molecule has 0 bridgehead atoms. The second-order valence-corrected chi connectivity index (χ2v) is 9.42. The fourth-order valence-electron chi connectivity index (χ4n) is 5.81. The first-order valence-electron chi connectivity index (χ1n) is 12.2. The molecule has 0 aliphatic heterocycles. The van der Waals surface area contributed by atoms with Gasteiger partial charge in [-0.25, -0.2) is 0 Å². The lowest BCUT2D eigenvalue weighted by Gasteiger charge is -2.10. The van der Waals surface area contributed by atoms with Crippen LogP contribution in [-0.2, 0) is 0 Å². The van der Waals surface area contributed by atoms with Crippen LogP contribution in [0.4, 0.5) is 0 Å². The normalized spacial score (nSPS) is 11.4. The first-order valence-corrected chi connectivity index (χ1v) is 12.2. The highest BCUT2D eigenvalue weighted by molar-refractivity contribution is 6.45. The summed E-state index contributed by atoms with van der Waals surface area (Å²) in [6.07, 6.45) is 0. The lowest BCUT2D eigenvalue weighted by molar-refractivity contribution is 1.64. The van der Waals surface area contributed by atoms with Crippen molar-refractivity contribution in [3.8, 4) is 23.7 Å². The molecule has 0 heterocycles. The molecule has 0 fully saturated rings. The first-order chi connectivity index (χ1) is 17.8. The lowest BCUT2D eigenvalue weighted by Crippen LogP contribution is -1.89. The molecule has 8 aromatic rings. The Labute approximate surface area is 208 Å². The van der Waals surface area contributed by atoms with Gasteiger partial charge in [0.15, 0.2) is 0 Å². The summed E-state index contributed by atoms with van der Waals surface area (Å²) in [5, 5.41) is 12.9. The lowest BCUT2D eigenvalue weighted by atomic mass is 9.92. The van der Waals surface area contributed by atoms with E-state index >= 15 is 0 Å². The first kappa shape index (κ1) is 19.3. The molecule has 0 heteroatoms. The van der Waals surface area contributed by atoms with Gasteiger partial charge in [0.05, 0.1) is 0 Å². The molecule has 0 atom stereocenters. The zero-order valence-corrected chi connectivity index (χ0v) is 19.4. The average molecular weight is 451 g/mol. The third-order valence-corrected chi connectivity index (χ3v) is 7.35. The van der Waals surface area contributed by atoms with Crippen molar-refractivity contribution in [2.24, 2.45) is 0 Å². The fourth-order valence-corrected chi connectivity index (χ4v) is 5.81. The number of hydrogen-bond acceptors (Lipinski definition) is 0. The highest BCUT2D eigenvalue weighted by atomic mass is 14.2. The van der Waals surface area contributed by atoms with Gasteiger partial charge in [-0.3, -0.25) is 0 Å². The molecule has 0 spiro atoms. The maximum absolute atomic E-state index is 3.53. The minimum Gasteiger partial charge on any atom is -0.0622 e. The summed E-state index contributed by atoms with van der Waals surface area (Å²) < 4.78 is 0. The largest absolute Gasteiger partial charge is 0.0622 e. The van der Waals surface area contributed by atoms with Crippen LogP contribution in [0.2, 0.25) is 0 Å². The molecule has 0 aliphatic carbocycles. The van der Waals surface area contributed by atoms with Gasteiger partial charge >= 0.3 is 0 Å². The Balaban J connectivity index is 1.55. The Morgan fingerprint density at radius 1 is 0.306 bits per heavy atom. The van der Waals surface area contributed by atoms with E-state index in [9.17, 15) is 0 Å². The van der Waals surface area contributed by atoms with Crippen molar-refractivity contribution >= 4 is 53.9 Å². The van der Waals surface area contributed by atoms with Gasteiger partial charge in [-0.05, 0) is 79.5 Å². The van der Waals surface area contributed by atoms with Crippen LogP contribution in [0.25, 0.3) is 53.9 Å². The molecular formula is C36H18. The van der Waals surface area contributed by atoms with E-state index in [4.69, 9.17) is 0 Å². The minimum absolute atomic E-state index is 1.01. The summed E-state index contributed by atoms with van der Waals surface area (Å²) in [7, 11) is 0. The van der Waals surface area contributed by atoms with E-state index in [1.54, 1.807) is 0 Å². The Kier molecular flexibility index (Phi) is 3.87. The minimum atomic E-state index is 1.01. The van der Waals surface area contributed by atoms with Crippen LogP contribution in [0.3, 0.4) is 0 Å². The predicted octanol–water partition coefficient (Wildman–Crippen LogP) is 8.57. The van der Waals surface area contributed by atoms with Crippen molar-refractivity contribution in [3.05, 3.63) is 131 Å². The van der Waals surface area contributed by atoms with Gasteiger partial charge in [0.2, 0.25) is 0 Å². The van der Waals surface area contributed by atoms with Gasteiger partial charge in [-0.2, -0.15) is 0 Å². The van der Waals surface area contributed by atoms with Gasteiger partial charge in [0.25, 0.3) is 0 Å². The maximum atomic E-state index is 3.53. The Hall–Kier alpha value is -5.04. The molecule has 0 aliphatic rings. The molecule has 8 aromatic carbocycles. The molecule has 0 saturated carbocycles. The summed E-state index contributed by atoms with van der Waals surface area (Å²) in [6, 6.07) is 38.4. The Morgan fingerprint density at radius 3 is 1.14 bits per heavy atom. The summed E-state index contributed by atoms with van der Waals surface area (Å²) in [4.78, 5) is 0. The highest BCUT2D eigenvalue weighted by Gasteiger charge is 2.22. The molecule has 36 heavy (non-hydrogen) atoms. The summed E-state index contributed by atoms with van der Waals surface area (Å²) in [5.41, 5.74) is 4.09. The quantitative estimate of drug-likeness (QED) is 0.160. The monoisotopic (exact) mass is 450 g/mol. The van der Waals surface area contributed by atoms with E-state index in [1.165, 1.54) is 48.5 Å². The Bertz CT molecular complexity index is 2020. The zero-order chi connectivity index (χ0) is 23.6. The van der Waals surface area contributed by atoms with Crippen molar-refractivity contribution < 1.29 is 0 Å². The summed E-state index contributed by atoms with van der Waals surface area (Å²) >= 11 is 0. The predicted molar refractivity (Wildman–Crippen MR) is 152 cm³/mol. The molecule has 0 radical (unpaired) electrons. The van der Waals surface area contributed by atoms with Gasteiger partial charge < -0.3 is 0 Å². The second-order valence-electron chi connectivity index (χ2n) is 9.42. The van der Waals surface area contributed by atoms with E-state index in [2.05, 4.69) is 96.5 Å². The van der Waals surface area contributed by atoms with Crippen LogP contribution in [0.1, 0.15) is 22.3 Å². The molecule has 162 valence electrons. The molecule has 0 unspecified atom stereocenters. The van der Waals surface area contributed by atoms with Gasteiger partial charge in [-0.1, -0.05) is 96.5 Å². The summed E-state index contributed by atoms with van der Waals surface area (Å²) in [5.74, 6) is 13.9. The van der Waals surface area contributed by atoms with Crippen LogP contribution in [-0.4, -0.2) is 0 Å². The molecule has 0 amide bonds. The molecule has 0 aromatic heterocycles. The molecular weight excluding hydrogens is 432 g/mol. The average Bonchev–Trinajstić information content (AvgIpc) is 3.31. The second kappa shape index (κ2) is 7.23.